The summed E-state index contributed by atoms with van der Waals surface area (Å²) in [4.78, 5) is 0. The monoisotopic (exact) mass is 306 g/mol. The molecule has 1 atom stereocenters. The summed E-state index contributed by atoms with van der Waals surface area (Å²) >= 11 is 0. The Bertz CT molecular complexity index is 369. The normalized spacial score (nSPS) is 21.8. The summed E-state index contributed by atoms with van der Waals surface area (Å²) in [6.07, 6.45) is 2.14. The van der Waals surface area contributed by atoms with Gasteiger partial charge in [-0.1, -0.05) is 13.8 Å². The van der Waals surface area contributed by atoms with Crippen molar-refractivity contribution >= 4 is 10.0 Å². The zero-order chi connectivity index (χ0) is 15.2. The molecule has 1 unspecified atom stereocenters. The number of ether oxygens (including phenoxy) is 1. The van der Waals surface area contributed by atoms with Gasteiger partial charge in [-0.25, -0.2) is 12.7 Å². The number of piperidine rings is 1. The molecular formula is C14H30N2O3S. The van der Waals surface area contributed by atoms with Gasteiger partial charge in [-0.15, -0.1) is 0 Å². The van der Waals surface area contributed by atoms with Crippen LogP contribution in [0.1, 0.15) is 40.5 Å². The standard InChI is InChI=1S/C14H30N2O3S/c1-12(2)15-10-14-6-5-7-16(11-14)20(17,18)9-8-19-13(3)4/h12-15H,5-11H2,1-4H3. The first-order valence-electron chi connectivity index (χ1n) is 7.64. The van der Waals surface area contributed by atoms with Gasteiger partial charge >= 0.3 is 0 Å². The summed E-state index contributed by atoms with van der Waals surface area (Å²) in [5.74, 6) is 0.516. The Morgan fingerprint density at radius 2 is 2.00 bits per heavy atom. The molecule has 1 aliphatic heterocycles. The summed E-state index contributed by atoms with van der Waals surface area (Å²) in [6.45, 7) is 10.5. The van der Waals surface area contributed by atoms with Crippen LogP contribution in [0.2, 0.25) is 0 Å². The maximum Gasteiger partial charge on any atom is 0.216 e. The van der Waals surface area contributed by atoms with Gasteiger partial charge < -0.3 is 10.1 Å². The van der Waals surface area contributed by atoms with Crippen molar-refractivity contribution in [1.29, 1.82) is 0 Å². The van der Waals surface area contributed by atoms with Gasteiger partial charge in [0.05, 0.1) is 18.5 Å². The van der Waals surface area contributed by atoms with Gasteiger partial charge in [0.2, 0.25) is 10.0 Å². The molecule has 1 aliphatic rings. The van der Waals surface area contributed by atoms with Gasteiger partial charge in [0.1, 0.15) is 0 Å². The largest absolute Gasteiger partial charge is 0.378 e. The maximum absolute atomic E-state index is 12.3. The van der Waals surface area contributed by atoms with Crippen LogP contribution in [0.15, 0.2) is 0 Å². The molecule has 0 aromatic rings. The molecule has 1 rings (SSSR count). The van der Waals surface area contributed by atoms with E-state index in [9.17, 15) is 8.42 Å². The van der Waals surface area contributed by atoms with Crippen molar-refractivity contribution in [3.63, 3.8) is 0 Å². The quantitative estimate of drug-likeness (QED) is 0.737. The Morgan fingerprint density at radius 1 is 1.30 bits per heavy atom. The Kier molecular flexibility index (Phi) is 7.43. The highest BCUT2D eigenvalue weighted by Crippen LogP contribution is 2.19. The fourth-order valence-electron chi connectivity index (χ4n) is 2.37. The van der Waals surface area contributed by atoms with Gasteiger partial charge in [0.25, 0.3) is 0 Å². The molecule has 1 saturated heterocycles. The van der Waals surface area contributed by atoms with Crippen molar-refractivity contribution in [2.75, 3.05) is 32.0 Å². The van der Waals surface area contributed by atoms with Crippen LogP contribution in [-0.4, -0.2) is 56.9 Å². The lowest BCUT2D eigenvalue weighted by Crippen LogP contribution is -2.45. The van der Waals surface area contributed by atoms with Crippen molar-refractivity contribution in [2.45, 2.75) is 52.7 Å². The molecule has 1 N–H and O–H groups in total. The molecule has 0 aliphatic carbocycles. The lowest BCUT2D eigenvalue weighted by atomic mass is 9.99. The molecule has 0 aromatic heterocycles. The second-order valence-electron chi connectivity index (χ2n) is 6.16. The highest BCUT2D eigenvalue weighted by atomic mass is 32.2. The molecule has 6 heteroatoms. The first kappa shape index (κ1) is 17.9. The van der Waals surface area contributed by atoms with Crippen LogP contribution in [0, 0.1) is 5.92 Å². The van der Waals surface area contributed by atoms with Crippen molar-refractivity contribution in [3.05, 3.63) is 0 Å². The van der Waals surface area contributed by atoms with E-state index >= 15 is 0 Å². The summed E-state index contributed by atoms with van der Waals surface area (Å²) in [5.41, 5.74) is 0. The van der Waals surface area contributed by atoms with Gasteiger partial charge in [-0.2, -0.15) is 0 Å². The third-order valence-electron chi connectivity index (χ3n) is 3.48. The second kappa shape index (κ2) is 8.32. The predicted molar refractivity (Wildman–Crippen MR) is 82.3 cm³/mol. The predicted octanol–water partition coefficient (Wildman–Crippen LogP) is 1.45. The highest BCUT2D eigenvalue weighted by Gasteiger charge is 2.28. The fraction of sp³-hybridized carbons (Fsp3) is 1.00. The van der Waals surface area contributed by atoms with Gasteiger partial charge in [-0.05, 0) is 39.2 Å². The van der Waals surface area contributed by atoms with E-state index in [1.54, 1.807) is 4.31 Å². The third kappa shape index (κ3) is 6.52. The first-order chi connectivity index (χ1) is 9.31. The van der Waals surface area contributed by atoms with E-state index in [1.165, 1.54) is 0 Å². The van der Waals surface area contributed by atoms with Gasteiger partial charge in [0, 0.05) is 19.1 Å². The molecule has 20 heavy (non-hydrogen) atoms. The Balaban J connectivity index is 2.44. The van der Waals surface area contributed by atoms with Crippen LogP contribution in [0.5, 0.6) is 0 Å². The topological polar surface area (TPSA) is 58.6 Å². The molecule has 1 fully saturated rings. The smallest absolute Gasteiger partial charge is 0.216 e. The van der Waals surface area contributed by atoms with E-state index in [0.717, 1.165) is 19.4 Å². The van der Waals surface area contributed by atoms with Crippen molar-refractivity contribution < 1.29 is 13.2 Å². The lowest BCUT2D eigenvalue weighted by molar-refractivity contribution is 0.0904. The summed E-state index contributed by atoms with van der Waals surface area (Å²) in [5, 5.41) is 3.40. The van der Waals surface area contributed by atoms with Crippen LogP contribution in [0.25, 0.3) is 0 Å². The van der Waals surface area contributed by atoms with E-state index in [4.69, 9.17) is 4.74 Å². The zero-order valence-electron chi connectivity index (χ0n) is 13.3. The average molecular weight is 306 g/mol. The number of rotatable bonds is 8. The third-order valence-corrected chi connectivity index (χ3v) is 5.28. The molecule has 0 bridgehead atoms. The number of hydrogen-bond acceptors (Lipinski definition) is 4. The molecule has 1 heterocycles. The molecule has 0 spiro atoms. The summed E-state index contributed by atoms with van der Waals surface area (Å²) < 4.78 is 31.6. The Labute approximate surface area is 124 Å². The molecule has 0 aromatic carbocycles. The second-order valence-corrected chi connectivity index (χ2v) is 8.25. The average Bonchev–Trinajstić information content (AvgIpc) is 2.36. The van der Waals surface area contributed by atoms with Gasteiger partial charge in [0.15, 0.2) is 0 Å². The molecule has 120 valence electrons. The Hall–Kier alpha value is -0.170. The molecular weight excluding hydrogens is 276 g/mol. The molecule has 5 nitrogen and oxygen atoms in total. The maximum atomic E-state index is 12.3. The summed E-state index contributed by atoms with van der Waals surface area (Å²) in [6, 6.07) is 0.446. The van der Waals surface area contributed by atoms with Crippen LogP contribution in [-0.2, 0) is 14.8 Å². The number of nitrogens with one attached hydrogen (secondary N) is 1. The van der Waals surface area contributed by atoms with Crippen molar-refractivity contribution in [1.82, 2.24) is 9.62 Å². The minimum absolute atomic E-state index is 0.0783. The highest BCUT2D eigenvalue weighted by molar-refractivity contribution is 7.89. The van der Waals surface area contributed by atoms with E-state index in [1.807, 2.05) is 13.8 Å². The summed E-state index contributed by atoms with van der Waals surface area (Å²) in [7, 11) is -3.17. The van der Waals surface area contributed by atoms with E-state index in [2.05, 4.69) is 19.2 Å². The van der Waals surface area contributed by atoms with E-state index in [-0.39, 0.29) is 18.5 Å². The van der Waals surface area contributed by atoms with E-state index in [0.29, 0.717) is 25.0 Å². The minimum Gasteiger partial charge on any atom is -0.378 e. The number of sulfonamides is 1. The van der Waals surface area contributed by atoms with Crippen molar-refractivity contribution in [2.24, 2.45) is 5.92 Å². The van der Waals surface area contributed by atoms with Crippen LogP contribution >= 0.6 is 0 Å². The number of hydrogen-bond donors (Lipinski definition) is 1. The van der Waals surface area contributed by atoms with Gasteiger partial charge in [-0.3, -0.25) is 0 Å². The lowest BCUT2D eigenvalue weighted by Gasteiger charge is -2.32. The van der Waals surface area contributed by atoms with Crippen LogP contribution in [0.3, 0.4) is 0 Å². The fourth-order valence-corrected chi connectivity index (χ4v) is 3.78. The van der Waals surface area contributed by atoms with E-state index < -0.39 is 10.0 Å². The molecule has 0 saturated carbocycles. The first-order valence-corrected chi connectivity index (χ1v) is 9.25. The molecule has 0 amide bonds. The Morgan fingerprint density at radius 3 is 2.60 bits per heavy atom. The number of nitrogens with zero attached hydrogens (tertiary/aromatic N) is 1. The van der Waals surface area contributed by atoms with Crippen molar-refractivity contribution in [3.8, 4) is 0 Å². The van der Waals surface area contributed by atoms with Crippen LogP contribution in [0.4, 0.5) is 0 Å². The SMILES string of the molecule is CC(C)NCC1CCCN(S(=O)(=O)CCOC(C)C)C1. The minimum atomic E-state index is -3.17. The zero-order valence-corrected chi connectivity index (χ0v) is 14.1. The van der Waals surface area contributed by atoms with Crippen LogP contribution < -0.4 is 5.32 Å². The molecule has 0 radical (unpaired) electrons.